The fourth-order valence-corrected chi connectivity index (χ4v) is 6.16. The lowest BCUT2D eigenvalue weighted by Gasteiger charge is -2.32. The van der Waals surface area contributed by atoms with Crippen LogP contribution >= 0.6 is 23.2 Å². The number of sulfonamides is 1. The number of hydrogen-bond donors (Lipinski definition) is 1. The smallest absolute Gasteiger partial charge is 0.243 e. The van der Waals surface area contributed by atoms with E-state index in [0.29, 0.717) is 34.3 Å². The highest BCUT2D eigenvalue weighted by atomic mass is 35.5. The van der Waals surface area contributed by atoms with Gasteiger partial charge in [0.05, 0.1) is 11.9 Å². The Kier molecular flexibility index (Phi) is 12.7. The van der Waals surface area contributed by atoms with Crippen LogP contribution in [0.25, 0.3) is 0 Å². The van der Waals surface area contributed by atoms with Crippen molar-refractivity contribution in [1.82, 2.24) is 10.2 Å². The van der Waals surface area contributed by atoms with Crippen molar-refractivity contribution < 1.29 is 18.0 Å². The molecule has 0 radical (unpaired) electrons. The second-order valence-corrected chi connectivity index (χ2v) is 12.9. The third kappa shape index (κ3) is 9.48. The molecule has 42 heavy (non-hydrogen) atoms. The summed E-state index contributed by atoms with van der Waals surface area (Å²) in [4.78, 5) is 28.9. The summed E-state index contributed by atoms with van der Waals surface area (Å²) in [6.45, 7) is 4.61. The Morgan fingerprint density at radius 2 is 1.52 bits per heavy atom. The van der Waals surface area contributed by atoms with Crippen LogP contribution in [0.4, 0.5) is 5.69 Å². The predicted octanol–water partition coefficient (Wildman–Crippen LogP) is 6.27. The van der Waals surface area contributed by atoms with Crippen molar-refractivity contribution in [2.45, 2.75) is 58.5 Å². The van der Waals surface area contributed by atoms with E-state index in [4.69, 9.17) is 23.2 Å². The third-order valence-electron chi connectivity index (χ3n) is 7.00. The minimum absolute atomic E-state index is 0.0213. The number of rotatable bonds is 15. The fourth-order valence-electron chi connectivity index (χ4n) is 4.68. The van der Waals surface area contributed by atoms with Crippen molar-refractivity contribution in [3.05, 3.63) is 99.5 Å². The average molecular weight is 633 g/mol. The quantitative estimate of drug-likeness (QED) is 0.214. The van der Waals surface area contributed by atoms with Crippen molar-refractivity contribution in [1.29, 1.82) is 0 Å². The van der Waals surface area contributed by atoms with Crippen molar-refractivity contribution in [2.75, 3.05) is 23.7 Å². The van der Waals surface area contributed by atoms with E-state index in [9.17, 15) is 18.0 Å². The highest BCUT2D eigenvalue weighted by Gasteiger charge is 2.31. The monoisotopic (exact) mass is 631 g/mol. The van der Waals surface area contributed by atoms with E-state index in [1.807, 2.05) is 56.3 Å². The number of carbonyl (C=O) groups is 2. The summed E-state index contributed by atoms with van der Waals surface area (Å²) < 4.78 is 26.6. The van der Waals surface area contributed by atoms with Crippen LogP contribution in [-0.4, -0.2) is 50.5 Å². The Balaban J connectivity index is 1.90. The molecule has 3 aromatic rings. The Hall–Kier alpha value is -3.07. The van der Waals surface area contributed by atoms with Gasteiger partial charge >= 0.3 is 0 Å². The van der Waals surface area contributed by atoms with Gasteiger partial charge in [-0.2, -0.15) is 0 Å². The van der Waals surface area contributed by atoms with Crippen molar-refractivity contribution >= 4 is 50.7 Å². The molecule has 1 N–H and O–H groups in total. The first-order valence-electron chi connectivity index (χ1n) is 14.2. The number of halogens is 2. The Morgan fingerprint density at radius 1 is 0.881 bits per heavy atom. The summed E-state index contributed by atoms with van der Waals surface area (Å²) in [5.41, 5.74) is 3.09. The molecule has 0 unspecified atom stereocenters. The van der Waals surface area contributed by atoms with Gasteiger partial charge in [0.2, 0.25) is 21.8 Å². The average Bonchev–Trinajstić information content (AvgIpc) is 2.97. The molecule has 1 atom stereocenters. The maximum Gasteiger partial charge on any atom is 0.243 e. The molecule has 0 aliphatic carbocycles. The van der Waals surface area contributed by atoms with Gasteiger partial charge in [0.25, 0.3) is 0 Å². The van der Waals surface area contributed by atoms with Crippen molar-refractivity contribution in [3.8, 4) is 0 Å². The molecule has 3 aromatic carbocycles. The van der Waals surface area contributed by atoms with E-state index in [1.165, 1.54) is 9.21 Å². The number of amides is 2. The van der Waals surface area contributed by atoms with Crippen LogP contribution in [0.3, 0.4) is 0 Å². The second-order valence-electron chi connectivity index (χ2n) is 10.2. The molecule has 0 aliphatic heterocycles. The van der Waals surface area contributed by atoms with E-state index in [2.05, 4.69) is 5.32 Å². The zero-order valence-corrected chi connectivity index (χ0v) is 26.7. The summed E-state index contributed by atoms with van der Waals surface area (Å²) in [6, 6.07) is 21.2. The molecule has 0 saturated carbocycles. The molecule has 3 rings (SSSR count). The van der Waals surface area contributed by atoms with Gasteiger partial charge in [-0.15, -0.1) is 0 Å². The molecule has 0 aliphatic rings. The molecule has 0 bridgehead atoms. The largest absolute Gasteiger partial charge is 0.354 e. The van der Waals surface area contributed by atoms with Crippen molar-refractivity contribution in [3.63, 3.8) is 0 Å². The standard InChI is InChI=1S/C32H39Cl2N3O4S/c1-4-20-35-32(39)30(22-25-11-7-6-8-12-25)36(23-27-28(33)13-9-14-29(27)34)31(38)15-10-21-37(42(3,40)41)26-18-16-24(5-2)17-19-26/h6-9,11-14,16-19,30H,4-5,10,15,20-23H2,1-3H3,(H,35,39)/t30-/m0/s1. The number of nitrogens with zero attached hydrogens (tertiary/aromatic N) is 2. The van der Waals surface area contributed by atoms with Gasteiger partial charge in [-0.05, 0) is 54.7 Å². The second kappa shape index (κ2) is 16.0. The lowest BCUT2D eigenvalue weighted by molar-refractivity contribution is -0.141. The molecule has 7 nitrogen and oxygen atoms in total. The minimum atomic E-state index is -3.59. The van der Waals surface area contributed by atoms with Crippen LogP contribution in [-0.2, 0) is 39.0 Å². The lowest BCUT2D eigenvalue weighted by Crippen LogP contribution is -2.50. The molecule has 0 heterocycles. The molecule has 0 spiro atoms. The first-order chi connectivity index (χ1) is 20.0. The number of carbonyl (C=O) groups excluding carboxylic acids is 2. The summed E-state index contributed by atoms with van der Waals surface area (Å²) in [5, 5.41) is 3.73. The molecule has 10 heteroatoms. The zero-order valence-electron chi connectivity index (χ0n) is 24.4. The van der Waals surface area contributed by atoms with Crippen LogP contribution in [0.15, 0.2) is 72.8 Å². The first kappa shape index (κ1) is 33.4. The molecule has 0 fully saturated rings. The highest BCUT2D eigenvalue weighted by molar-refractivity contribution is 7.92. The Labute approximate surface area is 259 Å². The SMILES string of the molecule is CCCNC(=O)[C@H](Cc1ccccc1)N(Cc1c(Cl)cccc1Cl)C(=O)CCCN(c1ccc(CC)cc1)S(C)(=O)=O. The zero-order chi connectivity index (χ0) is 30.7. The summed E-state index contributed by atoms with van der Waals surface area (Å²) in [6.07, 6.45) is 3.31. The molecule has 226 valence electrons. The lowest BCUT2D eigenvalue weighted by atomic mass is 10.0. The maximum atomic E-state index is 13.9. The van der Waals surface area contributed by atoms with Crippen LogP contribution < -0.4 is 9.62 Å². The van der Waals surface area contributed by atoms with Gasteiger partial charge in [0.1, 0.15) is 6.04 Å². The predicted molar refractivity (Wildman–Crippen MR) is 171 cm³/mol. The van der Waals surface area contributed by atoms with Crippen LogP contribution in [0.1, 0.15) is 49.8 Å². The van der Waals surface area contributed by atoms with Gasteiger partial charge < -0.3 is 10.2 Å². The van der Waals surface area contributed by atoms with E-state index in [1.54, 1.807) is 30.3 Å². The molecule has 0 aromatic heterocycles. The highest BCUT2D eigenvalue weighted by Crippen LogP contribution is 2.28. The van der Waals surface area contributed by atoms with Crippen LogP contribution in [0.5, 0.6) is 0 Å². The Bertz CT molecular complexity index is 1410. The third-order valence-corrected chi connectivity index (χ3v) is 8.90. The minimum Gasteiger partial charge on any atom is -0.354 e. The number of nitrogens with one attached hydrogen (secondary N) is 1. The van der Waals surface area contributed by atoms with Gasteiger partial charge in [-0.1, -0.05) is 85.6 Å². The van der Waals surface area contributed by atoms with Gasteiger partial charge in [0, 0.05) is 48.1 Å². The molecule has 2 amide bonds. The van der Waals surface area contributed by atoms with E-state index in [-0.39, 0.29) is 37.7 Å². The van der Waals surface area contributed by atoms with Gasteiger partial charge in [-0.25, -0.2) is 8.42 Å². The van der Waals surface area contributed by atoms with E-state index in [0.717, 1.165) is 30.2 Å². The maximum absolute atomic E-state index is 13.9. The van der Waals surface area contributed by atoms with Crippen LogP contribution in [0.2, 0.25) is 10.0 Å². The number of anilines is 1. The fraction of sp³-hybridized carbons (Fsp3) is 0.375. The van der Waals surface area contributed by atoms with Gasteiger partial charge in [0.15, 0.2) is 0 Å². The number of hydrogen-bond acceptors (Lipinski definition) is 4. The molecule has 0 saturated heterocycles. The van der Waals surface area contributed by atoms with E-state index < -0.39 is 16.1 Å². The topological polar surface area (TPSA) is 86.8 Å². The van der Waals surface area contributed by atoms with Crippen molar-refractivity contribution in [2.24, 2.45) is 0 Å². The summed E-state index contributed by atoms with van der Waals surface area (Å²) in [5.74, 6) is -0.570. The number of aryl methyl sites for hydroxylation is 1. The normalized spacial score (nSPS) is 12.0. The Morgan fingerprint density at radius 3 is 2.10 bits per heavy atom. The first-order valence-corrected chi connectivity index (χ1v) is 16.8. The summed E-state index contributed by atoms with van der Waals surface area (Å²) >= 11 is 13.0. The van der Waals surface area contributed by atoms with Gasteiger partial charge in [-0.3, -0.25) is 13.9 Å². The molecular weight excluding hydrogens is 593 g/mol. The van der Waals surface area contributed by atoms with E-state index >= 15 is 0 Å². The molecular formula is C32H39Cl2N3O4S. The summed E-state index contributed by atoms with van der Waals surface area (Å²) in [7, 11) is -3.59. The van der Waals surface area contributed by atoms with Crippen LogP contribution in [0, 0.1) is 0 Å². The number of benzene rings is 3.